The summed E-state index contributed by atoms with van der Waals surface area (Å²) < 4.78 is 0.174. The van der Waals surface area contributed by atoms with E-state index >= 15 is 0 Å². The van der Waals surface area contributed by atoms with Crippen LogP contribution in [0.4, 0.5) is 0 Å². The minimum absolute atomic E-state index is 0.174. The minimum Gasteiger partial charge on any atom is -0.481 e. The molecule has 29 heavy (non-hydrogen) atoms. The number of nitrogens with zero attached hydrogens (tertiary/aromatic N) is 1. The van der Waals surface area contributed by atoms with Gasteiger partial charge >= 0.3 is 11.9 Å². The summed E-state index contributed by atoms with van der Waals surface area (Å²) >= 11 is 6.37. The monoisotopic (exact) mass is 429 g/mol. The Labute approximate surface area is 177 Å². The summed E-state index contributed by atoms with van der Waals surface area (Å²) in [5.74, 6) is -5.16. The normalized spacial score (nSPS) is 16.8. The van der Waals surface area contributed by atoms with E-state index in [-0.39, 0.29) is 10.7 Å². The van der Waals surface area contributed by atoms with Crippen molar-refractivity contribution in [2.45, 2.75) is 25.8 Å². The van der Waals surface area contributed by atoms with Gasteiger partial charge in [-0.05, 0) is 34.9 Å². The van der Waals surface area contributed by atoms with E-state index in [0.717, 1.165) is 33.0 Å². The van der Waals surface area contributed by atoms with E-state index in [1.54, 1.807) is 13.0 Å². The first-order valence-corrected chi connectivity index (χ1v) is 10.3. The van der Waals surface area contributed by atoms with Gasteiger partial charge in [-0.2, -0.15) is 0 Å². The van der Waals surface area contributed by atoms with Gasteiger partial charge in [-0.25, -0.2) is 0 Å². The van der Waals surface area contributed by atoms with Gasteiger partial charge in [0.1, 0.15) is 4.32 Å². The molecule has 1 saturated heterocycles. The fourth-order valence-corrected chi connectivity index (χ4v) is 4.76. The standard InChI is InChI=1S/C21H19NO5S2/c1-2-5-15(17(19(24)25)20(26)27)22-18(23)16(29-21(22)28)11-12-8-9-13-6-3-4-7-14(13)10-12/h3-4,6-11,15,17H,2,5H2,1H3,(H,24,25)(H,26,27). The lowest BCUT2D eigenvalue weighted by molar-refractivity contribution is -0.157. The molecule has 1 heterocycles. The van der Waals surface area contributed by atoms with Gasteiger partial charge in [-0.1, -0.05) is 73.7 Å². The molecule has 1 aliphatic rings. The third-order valence-corrected chi connectivity index (χ3v) is 6.06. The second kappa shape index (κ2) is 8.75. The SMILES string of the molecule is CCCC(C(C(=O)O)C(=O)O)N1C(=O)C(=Cc2ccc3ccccc3c2)SC1=S. The number of thiocarbonyl (C=S) groups is 1. The van der Waals surface area contributed by atoms with Crippen molar-refractivity contribution in [3.05, 3.63) is 52.9 Å². The van der Waals surface area contributed by atoms with Crippen LogP contribution in [0.5, 0.6) is 0 Å². The van der Waals surface area contributed by atoms with E-state index < -0.39 is 29.8 Å². The lowest BCUT2D eigenvalue weighted by Gasteiger charge is -2.29. The molecule has 1 amide bonds. The molecule has 6 nitrogen and oxygen atoms in total. The molecule has 1 aliphatic heterocycles. The number of hydrogen-bond donors (Lipinski definition) is 2. The fraction of sp³-hybridized carbons (Fsp3) is 0.238. The Morgan fingerprint density at radius 2 is 1.79 bits per heavy atom. The Balaban J connectivity index is 1.95. The number of fused-ring (bicyclic) bond motifs is 1. The molecule has 0 bridgehead atoms. The highest BCUT2D eigenvalue weighted by atomic mass is 32.2. The largest absolute Gasteiger partial charge is 0.481 e. The topological polar surface area (TPSA) is 94.9 Å². The van der Waals surface area contributed by atoms with Crippen LogP contribution in [0, 0.1) is 5.92 Å². The van der Waals surface area contributed by atoms with Crippen molar-refractivity contribution in [2.24, 2.45) is 5.92 Å². The Hall–Kier alpha value is -2.71. The summed E-state index contributed by atoms with van der Waals surface area (Å²) in [6.07, 6.45) is 2.44. The van der Waals surface area contributed by atoms with E-state index in [1.807, 2.05) is 42.5 Å². The maximum Gasteiger partial charge on any atom is 0.320 e. The summed E-state index contributed by atoms with van der Waals surface area (Å²) in [6, 6.07) is 12.6. The lowest BCUT2D eigenvalue weighted by Crippen LogP contribution is -2.48. The molecule has 1 fully saturated rings. The van der Waals surface area contributed by atoms with Gasteiger partial charge in [0.15, 0.2) is 5.92 Å². The highest BCUT2D eigenvalue weighted by Gasteiger charge is 2.45. The van der Waals surface area contributed by atoms with Gasteiger partial charge in [-0.3, -0.25) is 19.3 Å². The van der Waals surface area contributed by atoms with Crippen molar-refractivity contribution in [3.63, 3.8) is 0 Å². The van der Waals surface area contributed by atoms with Crippen LogP contribution in [-0.2, 0) is 14.4 Å². The number of benzene rings is 2. The molecular formula is C21H19NO5S2. The first-order chi connectivity index (χ1) is 13.8. The molecule has 3 rings (SSSR count). The van der Waals surface area contributed by atoms with Crippen LogP contribution in [-0.4, -0.2) is 43.3 Å². The van der Waals surface area contributed by atoms with Crippen molar-refractivity contribution in [3.8, 4) is 0 Å². The van der Waals surface area contributed by atoms with Crippen molar-refractivity contribution < 1.29 is 24.6 Å². The first kappa shape index (κ1) is 21.0. The summed E-state index contributed by atoms with van der Waals surface area (Å²) in [7, 11) is 0. The molecule has 0 aliphatic carbocycles. The molecule has 0 saturated carbocycles. The summed E-state index contributed by atoms with van der Waals surface area (Å²) in [6.45, 7) is 1.80. The maximum absolute atomic E-state index is 13.0. The number of hydrogen-bond acceptors (Lipinski definition) is 5. The van der Waals surface area contributed by atoms with Crippen molar-refractivity contribution >= 4 is 63.0 Å². The van der Waals surface area contributed by atoms with E-state index in [4.69, 9.17) is 12.2 Å². The number of thioether (sulfide) groups is 1. The predicted molar refractivity (Wildman–Crippen MR) is 116 cm³/mol. The van der Waals surface area contributed by atoms with Crippen LogP contribution in [0.15, 0.2) is 47.4 Å². The van der Waals surface area contributed by atoms with Crippen molar-refractivity contribution in [1.29, 1.82) is 0 Å². The van der Waals surface area contributed by atoms with Crippen LogP contribution in [0.3, 0.4) is 0 Å². The van der Waals surface area contributed by atoms with Gasteiger partial charge in [0.05, 0.1) is 10.9 Å². The molecule has 0 aromatic heterocycles. The fourth-order valence-electron chi connectivity index (χ4n) is 3.39. The lowest BCUT2D eigenvalue weighted by atomic mass is 9.94. The Morgan fingerprint density at radius 1 is 1.14 bits per heavy atom. The summed E-state index contributed by atoms with van der Waals surface area (Å²) in [5.41, 5.74) is 0.810. The molecule has 2 aromatic carbocycles. The number of aliphatic carboxylic acids is 2. The Bertz CT molecular complexity index is 1020. The molecule has 8 heteroatoms. The first-order valence-electron chi connectivity index (χ1n) is 9.05. The molecule has 0 spiro atoms. The number of carboxylic acid groups (broad SMARTS) is 2. The van der Waals surface area contributed by atoms with Gasteiger partial charge < -0.3 is 10.2 Å². The number of carbonyl (C=O) groups is 3. The average Bonchev–Trinajstić information content (AvgIpc) is 2.94. The minimum atomic E-state index is -1.74. The predicted octanol–water partition coefficient (Wildman–Crippen LogP) is 4.00. The number of rotatable bonds is 7. The van der Waals surface area contributed by atoms with Gasteiger partial charge in [0, 0.05) is 0 Å². The van der Waals surface area contributed by atoms with E-state index in [2.05, 4.69) is 0 Å². The summed E-state index contributed by atoms with van der Waals surface area (Å²) in [5, 5.41) is 20.9. The van der Waals surface area contributed by atoms with Crippen LogP contribution >= 0.6 is 24.0 Å². The second-order valence-corrected chi connectivity index (χ2v) is 8.34. The van der Waals surface area contributed by atoms with Gasteiger partial charge in [0.2, 0.25) is 0 Å². The molecule has 1 unspecified atom stereocenters. The smallest absolute Gasteiger partial charge is 0.320 e. The third-order valence-electron chi connectivity index (χ3n) is 4.73. The summed E-state index contributed by atoms with van der Waals surface area (Å²) in [4.78, 5) is 37.6. The van der Waals surface area contributed by atoms with Crippen LogP contribution in [0.1, 0.15) is 25.3 Å². The second-order valence-electron chi connectivity index (χ2n) is 6.67. The zero-order valence-corrected chi connectivity index (χ0v) is 17.2. The number of amides is 1. The van der Waals surface area contributed by atoms with E-state index in [1.165, 1.54) is 0 Å². The van der Waals surface area contributed by atoms with Crippen LogP contribution < -0.4 is 0 Å². The molecule has 150 valence electrons. The molecule has 2 N–H and O–H groups in total. The molecular weight excluding hydrogens is 410 g/mol. The van der Waals surface area contributed by atoms with Crippen molar-refractivity contribution in [1.82, 2.24) is 4.90 Å². The van der Waals surface area contributed by atoms with Gasteiger partial charge in [0.25, 0.3) is 5.91 Å². The van der Waals surface area contributed by atoms with Gasteiger partial charge in [-0.15, -0.1) is 0 Å². The molecule has 2 aromatic rings. The van der Waals surface area contributed by atoms with Crippen LogP contribution in [0.25, 0.3) is 16.8 Å². The zero-order valence-electron chi connectivity index (χ0n) is 15.6. The highest BCUT2D eigenvalue weighted by Crippen LogP contribution is 2.37. The maximum atomic E-state index is 13.0. The number of carboxylic acids is 2. The Morgan fingerprint density at radius 3 is 2.41 bits per heavy atom. The Kier molecular flexibility index (Phi) is 6.34. The highest BCUT2D eigenvalue weighted by molar-refractivity contribution is 8.26. The van der Waals surface area contributed by atoms with E-state index in [9.17, 15) is 24.6 Å². The van der Waals surface area contributed by atoms with E-state index in [0.29, 0.717) is 11.3 Å². The average molecular weight is 430 g/mol. The van der Waals surface area contributed by atoms with Crippen LogP contribution in [0.2, 0.25) is 0 Å². The third kappa shape index (κ3) is 4.33. The molecule has 1 atom stereocenters. The zero-order chi connectivity index (χ0) is 21.1. The quantitative estimate of drug-likeness (QED) is 0.390. The molecule has 0 radical (unpaired) electrons. The number of carbonyl (C=O) groups excluding carboxylic acids is 1. The van der Waals surface area contributed by atoms with Crippen molar-refractivity contribution in [2.75, 3.05) is 0 Å².